The van der Waals surface area contributed by atoms with Crippen molar-refractivity contribution in [3.05, 3.63) is 59.8 Å². The quantitative estimate of drug-likeness (QED) is 0.872. The first-order valence-corrected chi connectivity index (χ1v) is 8.67. The molecule has 0 radical (unpaired) electrons. The second-order valence-electron chi connectivity index (χ2n) is 7.11. The van der Waals surface area contributed by atoms with E-state index in [-0.39, 0.29) is 5.41 Å². The fourth-order valence-electron chi connectivity index (χ4n) is 4.06. The number of aromatic nitrogens is 1. The molecule has 1 aromatic carbocycles. The summed E-state index contributed by atoms with van der Waals surface area (Å²) in [7, 11) is 0. The number of amides is 1. The first-order valence-electron chi connectivity index (χ1n) is 8.67. The number of aryl methyl sites for hydroxylation is 1. The van der Waals surface area contributed by atoms with E-state index in [4.69, 9.17) is 0 Å². The van der Waals surface area contributed by atoms with Gasteiger partial charge in [-0.15, -0.1) is 0 Å². The van der Waals surface area contributed by atoms with Gasteiger partial charge in [-0.3, -0.25) is 4.79 Å². The summed E-state index contributed by atoms with van der Waals surface area (Å²) in [6, 6.07) is 14.4. The fraction of sp³-hybridized carbons (Fsp3) is 0.400. The molecule has 1 atom stereocenters. The van der Waals surface area contributed by atoms with Crippen LogP contribution in [0, 0.1) is 12.3 Å². The van der Waals surface area contributed by atoms with Gasteiger partial charge in [0.15, 0.2) is 0 Å². The molecular formula is C20H23N3O. The van der Waals surface area contributed by atoms with Crippen LogP contribution < -0.4 is 4.90 Å². The van der Waals surface area contributed by atoms with Crippen molar-refractivity contribution in [3.63, 3.8) is 0 Å². The molecule has 2 saturated heterocycles. The predicted molar refractivity (Wildman–Crippen MR) is 94.7 cm³/mol. The highest BCUT2D eigenvalue weighted by Gasteiger charge is 2.50. The molecular weight excluding hydrogens is 298 g/mol. The lowest BCUT2D eigenvalue weighted by Gasteiger charge is -2.24. The van der Waals surface area contributed by atoms with Gasteiger partial charge in [0.1, 0.15) is 5.82 Å². The van der Waals surface area contributed by atoms with Gasteiger partial charge in [0.2, 0.25) is 5.91 Å². The molecule has 2 aliphatic heterocycles. The molecule has 1 aromatic heterocycles. The Bertz CT molecular complexity index is 746. The first kappa shape index (κ1) is 15.2. The Morgan fingerprint density at radius 2 is 2.00 bits per heavy atom. The van der Waals surface area contributed by atoms with Crippen LogP contribution in [0.2, 0.25) is 0 Å². The van der Waals surface area contributed by atoms with Crippen LogP contribution in [0.25, 0.3) is 0 Å². The van der Waals surface area contributed by atoms with Gasteiger partial charge in [0.05, 0.1) is 5.41 Å². The third-order valence-electron chi connectivity index (χ3n) is 5.38. The Hall–Kier alpha value is -2.36. The minimum atomic E-state index is -0.207. The number of anilines is 1. The van der Waals surface area contributed by atoms with Crippen molar-refractivity contribution < 1.29 is 4.79 Å². The molecule has 1 spiro atoms. The van der Waals surface area contributed by atoms with E-state index in [0.717, 1.165) is 44.8 Å². The van der Waals surface area contributed by atoms with Gasteiger partial charge in [-0.25, -0.2) is 4.98 Å². The van der Waals surface area contributed by atoms with E-state index in [1.165, 1.54) is 11.1 Å². The number of nitrogens with zero attached hydrogens (tertiary/aromatic N) is 3. The maximum atomic E-state index is 13.1. The number of carbonyl (C=O) groups is 1. The van der Waals surface area contributed by atoms with Crippen LogP contribution in [0.3, 0.4) is 0 Å². The van der Waals surface area contributed by atoms with E-state index < -0.39 is 0 Å². The van der Waals surface area contributed by atoms with Gasteiger partial charge >= 0.3 is 0 Å². The van der Waals surface area contributed by atoms with E-state index >= 15 is 0 Å². The molecule has 1 amide bonds. The van der Waals surface area contributed by atoms with Crippen LogP contribution in [0.4, 0.5) is 5.82 Å². The summed E-state index contributed by atoms with van der Waals surface area (Å²) in [4.78, 5) is 21.8. The van der Waals surface area contributed by atoms with Gasteiger partial charge in [0.25, 0.3) is 0 Å². The zero-order chi connectivity index (χ0) is 16.6. The van der Waals surface area contributed by atoms with Crippen molar-refractivity contribution in [1.29, 1.82) is 0 Å². The van der Waals surface area contributed by atoms with Crippen molar-refractivity contribution in [3.8, 4) is 0 Å². The average molecular weight is 321 g/mol. The Labute approximate surface area is 143 Å². The van der Waals surface area contributed by atoms with Crippen molar-refractivity contribution in [1.82, 2.24) is 9.88 Å². The van der Waals surface area contributed by atoms with Crippen LogP contribution in [-0.2, 0) is 11.3 Å². The topological polar surface area (TPSA) is 36.4 Å². The van der Waals surface area contributed by atoms with E-state index in [9.17, 15) is 4.79 Å². The smallest absolute Gasteiger partial charge is 0.231 e. The predicted octanol–water partition coefficient (Wildman–Crippen LogP) is 3.02. The largest absolute Gasteiger partial charge is 0.356 e. The maximum absolute atomic E-state index is 13.1. The van der Waals surface area contributed by atoms with Gasteiger partial charge < -0.3 is 9.80 Å². The highest BCUT2D eigenvalue weighted by Crippen LogP contribution is 2.42. The molecule has 124 valence electrons. The van der Waals surface area contributed by atoms with E-state index in [2.05, 4.69) is 41.1 Å². The second kappa shape index (κ2) is 5.93. The Morgan fingerprint density at radius 1 is 1.12 bits per heavy atom. The van der Waals surface area contributed by atoms with Crippen LogP contribution in [0.15, 0.2) is 48.7 Å². The van der Waals surface area contributed by atoms with Crippen molar-refractivity contribution in [2.24, 2.45) is 5.41 Å². The van der Waals surface area contributed by atoms with Crippen molar-refractivity contribution >= 4 is 11.7 Å². The zero-order valence-corrected chi connectivity index (χ0v) is 14.1. The van der Waals surface area contributed by atoms with Crippen LogP contribution in [0.5, 0.6) is 0 Å². The van der Waals surface area contributed by atoms with Gasteiger partial charge in [-0.05, 0) is 37.5 Å². The minimum Gasteiger partial charge on any atom is -0.356 e. The zero-order valence-electron chi connectivity index (χ0n) is 14.1. The summed E-state index contributed by atoms with van der Waals surface area (Å²) in [5.41, 5.74) is 2.26. The lowest BCUT2D eigenvalue weighted by Crippen LogP contribution is -2.36. The summed E-state index contributed by atoms with van der Waals surface area (Å²) >= 11 is 0. The molecule has 0 unspecified atom stereocenters. The third kappa shape index (κ3) is 2.66. The Morgan fingerprint density at radius 3 is 2.79 bits per heavy atom. The highest BCUT2D eigenvalue weighted by molar-refractivity contribution is 5.86. The summed E-state index contributed by atoms with van der Waals surface area (Å²) < 4.78 is 0. The second-order valence-corrected chi connectivity index (χ2v) is 7.11. The molecule has 2 fully saturated rings. The minimum absolute atomic E-state index is 0.207. The van der Waals surface area contributed by atoms with Crippen LogP contribution in [-0.4, -0.2) is 35.4 Å². The number of hydrogen-bond donors (Lipinski definition) is 0. The molecule has 4 rings (SSSR count). The number of rotatable bonds is 3. The molecule has 2 aliphatic rings. The maximum Gasteiger partial charge on any atom is 0.231 e. The monoisotopic (exact) mass is 321 g/mol. The van der Waals surface area contributed by atoms with Crippen molar-refractivity contribution in [2.75, 3.05) is 24.5 Å². The standard InChI is InChI=1S/C20H23N3O/c1-16-5-4-6-17(13-16)14-22-11-8-20(19(22)24)9-12-23(15-20)18-7-2-3-10-21-18/h2-7,10,13H,8-9,11-12,14-15H2,1H3/t20-/m1/s1. The normalized spacial score (nSPS) is 23.5. The summed E-state index contributed by atoms with van der Waals surface area (Å²) in [6.07, 6.45) is 3.72. The summed E-state index contributed by atoms with van der Waals surface area (Å²) in [5, 5.41) is 0. The number of pyridine rings is 1. The highest BCUT2D eigenvalue weighted by atomic mass is 16.2. The van der Waals surface area contributed by atoms with Crippen LogP contribution in [0.1, 0.15) is 24.0 Å². The molecule has 3 heterocycles. The molecule has 0 bridgehead atoms. The van der Waals surface area contributed by atoms with Gasteiger partial charge in [-0.2, -0.15) is 0 Å². The van der Waals surface area contributed by atoms with Crippen LogP contribution >= 0.6 is 0 Å². The summed E-state index contributed by atoms with van der Waals surface area (Å²) in [6.45, 7) is 5.40. The van der Waals surface area contributed by atoms with E-state index in [0.29, 0.717) is 5.91 Å². The number of hydrogen-bond acceptors (Lipinski definition) is 3. The lowest BCUT2D eigenvalue weighted by atomic mass is 9.85. The first-order chi connectivity index (χ1) is 11.7. The Kier molecular flexibility index (Phi) is 3.75. The molecule has 24 heavy (non-hydrogen) atoms. The third-order valence-corrected chi connectivity index (χ3v) is 5.38. The Balaban J connectivity index is 1.47. The molecule has 2 aromatic rings. The lowest BCUT2D eigenvalue weighted by molar-refractivity contribution is -0.135. The van der Waals surface area contributed by atoms with E-state index in [1.54, 1.807) is 0 Å². The number of carbonyl (C=O) groups excluding carboxylic acids is 1. The van der Waals surface area contributed by atoms with E-state index in [1.807, 2.05) is 29.3 Å². The molecule has 4 nitrogen and oxygen atoms in total. The van der Waals surface area contributed by atoms with Gasteiger partial charge in [0, 0.05) is 32.4 Å². The van der Waals surface area contributed by atoms with Gasteiger partial charge in [-0.1, -0.05) is 35.9 Å². The van der Waals surface area contributed by atoms with Crippen molar-refractivity contribution in [2.45, 2.75) is 26.3 Å². The molecule has 4 heteroatoms. The molecule has 0 N–H and O–H groups in total. The fourth-order valence-corrected chi connectivity index (χ4v) is 4.06. The average Bonchev–Trinajstić information content (AvgIpc) is 3.16. The molecule has 0 saturated carbocycles. The SMILES string of the molecule is Cc1cccc(CN2CC[C@]3(CCN(c4ccccn4)C3)C2=O)c1. The summed E-state index contributed by atoms with van der Waals surface area (Å²) in [5.74, 6) is 1.31. The number of likely N-dealkylation sites (tertiary alicyclic amines) is 1. The molecule has 0 aliphatic carbocycles. The number of benzene rings is 1.